The summed E-state index contributed by atoms with van der Waals surface area (Å²) in [5.41, 5.74) is 2.15. The minimum Gasteiger partial charge on any atom is -0.395 e. The Morgan fingerprint density at radius 2 is 2.06 bits per heavy atom. The highest BCUT2D eigenvalue weighted by molar-refractivity contribution is 6.30. The molecule has 4 nitrogen and oxygen atoms in total. The van der Waals surface area contributed by atoms with Gasteiger partial charge in [-0.05, 0) is 18.6 Å². The molecule has 0 aromatic carbocycles. The number of hydrogen-bond donors (Lipinski definition) is 1. The van der Waals surface area contributed by atoms with Crippen LogP contribution in [0.25, 0.3) is 0 Å². The molecule has 0 aliphatic carbocycles. The fourth-order valence-electron chi connectivity index (χ4n) is 2.09. The maximum absolute atomic E-state index is 8.89. The maximum Gasteiger partial charge on any atom is 0.132 e. The molecule has 17 heavy (non-hydrogen) atoms. The Morgan fingerprint density at radius 1 is 1.35 bits per heavy atom. The van der Waals surface area contributed by atoms with E-state index in [0.717, 1.165) is 44.0 Å². The third-order valence-electron chi connectivity index (χ3n) is 3.15. The van der Waals surface area contributed by atoms with Gasteiger partial charge in [0.2, 0.25) is 0 Å². The minimum atomic E-state index is 0.238. The Balaban J connectivity index is 1.98. The zero-order chi connectivity index (χ0) is 12.3. The molecular formula is C12H18ClN3O. The van der Waals surface area contributed by atoms with Gasteiger partial charge in [-0.2, -0.15) is 0 Å². The Bertz CT molecular complexity index is 378. The quantitative estimate of drug-likeness (QED) is 0.823. The first-order chi connectivity index (χ1) is 8.20. The Labute approximate surface area is 107 Å². The Hall–Kier alpha value is -0.840. The lowest BCUT2D eigenvalue weighted by Crippen LogP contribution is -2.47. The topological polar surface area (TPSA) is 39.6 Å². The van der Waals surface area contributed by atoms with Crippen LogP contribution >= 0.6 is 11.6 Å². The van der Waals surface area contributed by atoms with Gasteiger partial charge in [0.15, 0.2) is 0 Å². The number of aryl methyl sites for hydroxylation is 1. The van der Waals surface area contributed by atoms with Gasteiger partial charge in [0, 0.05) is 32.7 Å². The number of aliphatic hydroxyl groups is 1. The number of rotatable bonds is 3. The number of halogens is 1. The van der Waals surface area contributed by atoms with Crippen molar-refractivity contribution in [3.05, 3.63) is 23.0 Å². The van der Waals surface area contributed by atoms with Crippen LogP contribution in [0.5, 0.6) is 0 Å². The molecule has 1 aromatic heterocycles. The lowest BCUT2D eigenvalue weighted by molar-refractivity contribution is 0.189. The average Bonchev–Trinajstić information content (AvgIpc) is 2.34. The van der Waals surface area contributed by atoms with Crippen molar-refractivity contribution >= 4 is 17.3 Å². The van der Waals surface area contributed by atoms with Crippen molar-refractivity contribution in [3.63, 3.8) is 0 Å². The fraction of sp³-hybridized carbons (Fsp3) is 0.583. The first kappa shape index (κ1) is 12.6. The van der Waals surface area contributed by atoms with Crippen LogP contribution in [0.3, 0.4) is 0 Å². The first-order valence-corrected chi connectivity index (χ1v) is 6.29. The molecule has 5 heteroatoms. The summed E-state index contributed by atoms with van der Waals surface area (Å²) in [5.74, 6) is 0. The molecule has 94 valence electrons. The summed E-state index contributed by atoms with van der Waals surface area (Å²) in [6.07, 6.45) is 1.83. The van der Waals surface area contributed by atoms with Crippen molar-refractivity contribution in [1.82, 2.24) is 9.88 Å². The lowest BCUT2D eigenvalue weighted by atomic mass is 10.2. The highest BCUT2D eigenvalue weighted by Gasteiger charge is 2.17. The zero-order valence-corrected chi connectivity index (χ0v) is 10.8. The van der Waals surface area contributed by atoms with Crippen molar-refractivity contribution in [2.24, 2.45) is 0 Å². The second-order valence-electron chi connectivity index (χ2n) is 4.35. The first-order valence-electron chi connectivity index (χ1n) is 5.91. The second kappa shape index (κ2) is 5.67. The van der Waals surface area contributed by atoms with E-state index in [1.165, 1.54) is 0 Å². The summed E-state index contributed by atoms with van der Waals surface area (Å²) in [6.45, 7) is 6.91. The van der Waals surface area contributed by atoms with Gasteiger partial charge in [0.1, 0.15) is 5.15 Å². The molecule has 2 heterocycles. The van der Waals surface area contributed by atoms with Crippen molar-refractivity contribution in [1.29, 1.82) is 0 Å². The van der Waals surface area contributed by atoms with E-state index in [9.17, 15) is 0 Å². The molecule has 1 aliphatic rings. The summed E-state index contributed by atoms with van der Waals surface area (Å²) >= 11 is 5.92. The summed E-state index contributed by atoms with van der Waals surface area (Å²) in [4.78, 5) is 8.76. The molecule has 1 aliphatic heterocycles. The number of anilines is 1. The number of β-amino-alcohol motifs (C(OH)–C–C–N with tert-alkyl or cyclic N) is 1. The number of hydrogen-bond acceptors (Lipinski definition) is 4. The van der Waals surface area contributed by atoms with Crippen LogP contribution in [0.2, 0.25) is 5.15 Å². The van der Waals surface area contributed by atoms with Gasteiger partial charge in [-0.15, -0.1) is 0 Å². The molecule has 0 atom stereocenters. The number of aromatic nitrogens is 1. The molecule has 2 rings (SSSR count). The van der Waals surface area contributed by atoms with Gasteiger partial charge in [-0.3, -0.25) is 4.90 Å². The number of pyridine rings is 1. The van der Waals surface area contributed by atoms with Crippen LogP contribution in [0, 0.1) is 6.92 Å². The molecule has 1 saturated heterocycles. The molecular weight excluding hydrogens is 238 g/mol. The van der Waals surface area contributed by atoms with Crippen LogP contribution in [0.4, 0.5) is 5.69 Å². The van der Waals surface area contributed by atoms with E-state index in [1.54, 1.807) is 0 Å². The molecule has 0 spiro atoms. The fourth-order valence-corrected chi connectivity index (χ4v) is 2.19. The normalized spacial score (nSPS) is 17.5. The summed E-state index contributed by atoms with van der Waals surface area (Å²) < 4.78 is 0. The standard InChI is InChI=1S/C12H18ClN3O/c1-10-8-11(9-14-12(10)13)16-4-2-15(3-5-16)6-7-17/h8-9,17H,2-7H2,1H3. The Kier molecular flexibility index (Phi) is 4.20. The summed E-state index contributed by atoms with van der Waals surface area (Å²) in [5, 5.41) is 9.46. The molecule has 1 fully saturated rings. The number of piperazine rings is 1. The highest BCUT2D eigenvalue weighted by atomic mass is 35.5. The number of nitrogens with zero attached hydrogens (tertiary/aromatic N) is 3. The van der Waals surface area contributed by atoms with Gasteiger partial charge in [0.05, 0.1) is 18.5 Å². The van der Waals surface area contributed by atoms with Crippen LogP contribution < -0.4 is 4.90 Å². The molecule has 0 saturated carbocycles. The van der Waals surface area contributed by atoms with Crippen LogP contribution in [-0.2, 0) is 0 Å². The van der Waals surface area contributed by atoms with E-state index in [4.69, 9.17) is 16.7 Å². The van der Waals surface area contributed by atoms with E-state index in [-0.39, 0.29) is 6.61 Å². The van der Waals surface area contributed by atoms with E-state index in [2.05, 4.69) is 20.9 Å². The molecule has 1 aromatic rings. The van der Waals surface area contributed by atoms with Crippen LogP contribution in [0.15, 0.2) is 12.3 Å². The van der Waals surface area contributed by atoms with Gasteiger partial charge in [0.25, 0.3) is 0 Å². The average molecular weight is 256 g/mol. The lowest BCUT2D eigenvalue weighted by Gasteiger charge is -2.35. The van der Waals surface area contributed by atoms with Gasteiger partial charge in [-0.1, -0.05) is 11.6 Å². The number of aliphatic hydroxyl groups excluding tert-OH is 1. The molecule has 0 unspecified atom stereocenters. The van der Waals surface area contributed by atoms with E-state index >= 15 is 0 Å². The molecule has 0 radical (unpaired) electrons. The van der Waals surface area contributed by atoms with Crippen molar-refractivity contribution in [2.45, 2.75) is 6.92 Å². The maximum atomic E-state index is 8.89. The van der Waals surface area contributed by atoms with Crippen molar-refractivity contribution in [2.75, 3.05) is 44.2 Å². The third kappa shape index (κ3) is 3.09. The van der Waals surface area contributed by atoms with Gasteiger partial charge >= 0.3 is 0 Å². The van der Waals surface area contributed by atoms with Gasteiger partial charge < -0.3 is 10.0 Å². The highest BCUT2D eigenvalue weighted by Crippen LogP contribution is 2.20. The monoisotopic (exact) mass is 255 g/mol. The molecule has 1 N–H and O–H groups in total. The van der Waals surface area contributed by atoms with Crippen LogP contribution in [-0.4, -0.2) is 54.3 Å². The van der Waals surface area contributed by atoms with E-state index in [1.807, 2.05) is 13.1 Å². The predicted molar refractivity (Wildman–Crippen MR) is 69.7 cm³/mol. The zero-order valence-electron chi connectivity index (χ0n) is 10.1. The largest absolute Gasteiger partial charge is 0.395 e. The smallest absolute Gasteiger partial charge is 0.132 e. The van der Waals surface area contributed by atoms with E-state index < -0.39 is 0 Å². The van der Waals surface area contributed by atoms with Crippen LogP contribution in [0.1, 0.15) is 5.56 Å². The van der Waals surface area contributed by atoms with E-state index in [0.29, 0.717) is 5.15 Å². The summed E-state index contributed by atoms with van der Waals surface area (Å²) in [7, 11) is 0. The van der Waals surface area contributed by atoms with Crippen molar-refractivity contribution < 1.29 is 5.11 Å². The van der Waals surface area contributed by atoms with Gasteiger partial charge in [-0.25, -0.2) is 4.98 Å². The minimum absolute atomic E-state index is 0.238. The summed E-state index contributed by atoms with van der Waals surface area (Å²) in [6, 6.07) is 2.08. The second-order valence-corrected chi connectivity index (χ2v) is 4.71. The third-order valence-corrected chi connectivity index (χ3v) is 3.55. The predicted octanol–water partition coefficient (Wildman–Crippen LogP) is 1.16. The van der Waals surface area contributed by atoms with Crippen molar-refractivity contribution in [3.8, 4) is 0 Å². The molecule has 0 bridgehead atoms. The Morgan fingerprint density at radius 3 is 2.65 bits per heavy atom. The SMILES string of the molecule is Cc1cc(N2CCN(CCO)CC2)cnc1Cl. The molecule has 0 amide bonds.